The van der Waals surface area contributed by atoms with Crippen LogP contribution in [-0.2, 0) is 0 Å². The highest BCUT2D eigenvalue weighted by Gasteiger charge is 2.32. The minimum atomic E-state index is -5.01. The van der Waals surface area contributed by atoms with Crippen LogP contribution in [-0.4, -0.2) is 31.8 Å². The fraction of sp³-hybridized carbons (Fsp3) is 0.0909. The lowest BCUT2D eigenvalue weighted by Crippen LogP contribution is -2.17. The molecule has 0 radical (unpaired) electrons. The second-order valence-corrected chi connectivity index (χ2v) is 4.13. The molecule has 0 aliphatic rings. The number of hydrogen-bond acceptors (Lipinski definition) is 8. The third-order valence-electron chi connectivity index (χ3n) is 2.52. The van der Waals surface area contributed by atoms with Crippen molar-refractivity contribution in [3.05, 3.63) is 24.0 Å². The fourth-order valence-electron chi connectivity index (χ4n) is 1.64. The van der Waals surface area contributed by atoms with Crippen LogP contribution in [0, 0.1) is 5.82 Å². The second-order valence-electron chi connectivity index (χ2n) is 4.13. The van der Waals surface area contributed by atoms with Crippen LogP contribution >= 0.6 is 0 Å². The van der Waals surface area contributed by atoms with Crippen molar-refractivity contribution in [2.45, 2.75) is 6.36 Å². The molecular formula is C11H5F4N5O3. The van der Waals surface area contributed by atoms with Crippen LogP contribution in [0.4, 0.5) is 29.1 Å². The highest BCUT2D eigenvalue weighted by atomic mass is 19.4. The summed E-state index contributed by atoms with van der Waals surface area (Å²) in [5.74, 6) is -3.04. The van der Waals surface area contributed by atoms with Gasteiger partial charge in [0.1, 0.15) is 0 Å². The molecule has 0 aliphatic heterocycles. The largest absolute Gasteiger partial charge is 0.573 e. The number of aromatic nitrogens is 4. The standard InChI is InChI=1S/C11H5F4N5O3/c12-5-3-4(1-2-6(5)22-11(13,14)15)16-9-10(21)18-8-7(17-9)19-23-20-8/h1-3H,(H,16,17,19)(H,18,20,21). The molecule has 0 aliphatic carbocycles. The van der Waals surface area contributed by atoms with Crippen LogP contribution in [0.5, 0.6) is 11.6 Å². The van der Waals surface area contributed by atoms with Crippen molar-refractivity contribution in [2.24, 2.45) is 0 Å². The first-order valence-corrected chi connectivity index (χ1v) is 5.83. The van der Waals surface area contributed by atoms with Crippen LogP contribution in [0.25, 0.3) is 11.3 Å². The van der Waals surface area contributed by atoms with Crippen LogP contribution < -0.4 is 10.1 Å². The van der Waals surface area contributed by atoms with Gasteiger partial charge in [0.2, 0.25) is 11.3 Å². The van der Waals surface area contributed by atoms with Crippen molar-refractivity contribution in [1.82, 2.24) is 20.3 Å². The van der Waals surface area contributed by atoms with E-state index >= 15 is 0 Å². The van der Waals surface area contributed by atoms with Crippen molar-refractivity contribution in [2.75, 3.05) is 5.32 Å². The van der Waals surface area contributed by atoms with Crippen LogP contribution in [0.1, 0.15) is 0 Å². The molecule has 8 nitrogen and oxygen atoms in total. The maximum absolute atomic E-state index is 13.6. The summed E-state index contributed by atoms with van der Waals surface area (Å²) in [5.41, 5.74) is -0.0756. The molecule has 120 valence electrons. The zero-order valence-corrected chi connectivity index (χ0v) is 10.8. The summed E-state index contributed by atoms with van der Waals surface area (Å²) in [5, 5.41) is 18.9. The van der Waals surface area contributed by atoms with Gasteiger partial charge in [0, 0.05) is 11.8 Å². The van der Waals surface area contributed by atoms with E-state index in [0.717, 1.165) is 18.2 Å². The predicted molar refractivity (Wildman–Crippen MR) is 65.4 cm³/mol. The van der Waals surface area contributed by atoms with Crippen LogP contribution in [0.3, 0.4) is 0 Å². The Bertz CT molecular complexity index is 866. The van der Waals surface area contributed by atoms with Gasteiger partial charge in [-0.2, -0.15) is 9.97 Å². The highest BCUT2D eigenvalue weighted by molar-refractivity contribution is 5.71. The fourth-order valence-corrected chi connectivity index (χ4v) is 1.64. The van der Waals surface area contributed by atoms with Crippen molar-refractivity contribution < 1.29 is 32.0 Å². The van der Waals surface area contributed by atoms with Crippen molar-refractivity contribution in [3.63, 3.8) is 0 Å². The molecule has 23 heavy (non-hydrogen) atoms. The lowest BCUT2D eigenvalue weighted by atomic mass is 10.3. The molecule has 0 saturated heterocycles. The van der Waals surface area contributed by atoms with E-state index in [4.69, 9.17) is 0 Å². The average molecular weight is 331 g/mol. The van der Waals surface area contributed by atoms with E-state index in [2.05, 4.69) is 35.0 Å². The van der Waals surface area contributed by atoms with E-state index in [1.165, 1.54) is 0 Å². The third-order valence-corrected chi connectivity index (χ3v) is 2.52. The van der Waals surface area contributed by atoms with E-state index in [-0.39, 0.29) is 22.8 Å². The van der Waals surface area contributed by atoms with Gasteiger partial charge in [-0.1, -0.05) is 0 Å². The maximum atomic E-state index is 13.6. The van der Waals surface area contributed by atoms with Gasteiger partial charge in [-0.25, -0.2) is 9.02 Å². The molecule has 2 heterocycles. The van der Waals surface area contributed by atoms with Crippen LogP contribution in [0.2, 0.25) is 0 Å². The summed E-state index contributed by atoms with van der Waals surface area (Å²) in [6.07, 6.45) is -5.01. The lowest BCUT2D eigenvalue weighted by Gasteiger charge is -2.11. The van der Waals surface area contributed by atoms with Crippen molar-refractivity contribution >= 4 is 22.8 Å². The second kappa shape index (κ2) is 5.23. The SMILES string of the molecule is Oc1nc2nonc2nc1Nc1ccc(OC(F)(F)F)c(F)c1. The highest BCUT2D eigenvalue weighted by Crippen LogP contribution is 2.30. The van der Waals surface area contributed by atoms with Crippen molar-refractivity contribution in [3.8, 4) is 11.6 Å². The minimum Gasteiger partial charge on any atom is -0.491 e. The van der Waals surface area contributed by atoms with Gasteiger partial charge < -0.3 is 15.2 Å². The number of fused-ring (bicyclic) bond motifs is 1. The molecule has 0 atom stereocenters. The summed E-state index contributed by atoms with van der Waals surface area (Å²) in [6.45, 7) is 0. The van der Waals surface area contributed by atoms with E-state index in [1.54, 1.807) is 0 Å². The molecule has 1 aromatic carbocycles. The first-order chi connectivity index (χ1) is 10.8. The van der Waals surface area contributed by atoms with E-state index in [1.807, 2.05) is 0 Å². The molecular weight excluding hydrogens is 326 g/mol. The van der Waals surface area contributed by atoms with Crippen molar-refractivity contribution in [1.29, 1.82) is 0 Å². The number of nitrogens with zero attached hydrogens (tertiary/aromatic N) is 4. The molecule has 0 amide bonds. The Morgan fingerprint density at radius 3 is 2.48 bits per heavy atom. The molecule has 3 rings (SSSR count). The number of ether oxygens (including phenoxy) is 1. The minimum absolute atomic E-state index is 0.00238. The maximum Gasteiger partial charge on any atom is 0.573 e. The summed E-state index contributed by atoms with van der Waals surface area (Å²) in [6, 6.07) is 2.59. The number of alkyl halides is 3. The first-order valence-electron chi connectivity index (χ1n) is 5.83. The predicted octanol–water partition coefficient (Wildman–Crippen LogP) is 2.50. The summed E-state index contributed by atoms with van der Waals surface area (Å²) in [4.78, 5) is 7.43. The van der Waals surface area contributed by atoms with Gasteiger partial charge in [0.15, 0.2) is 17.4 Å². The monoisotopic (exact) mass is 331 g/mol. The number of aromatic hydroxyl groups is 1. The molecule has 0 bridgehead atoms. The lowest BCUT2D eigenvalue weighted by molar-refractivity contribution is -0.275. The quantitative estimate of drug-likeness (QED) is 0.705. The Kier molecular flexibility index (Phi) is 3.35. The van der Waals surface area contributed by atoms with Crippen LogP contribution in [0.15, 0.2) is 22.8 Å². The Labute approximate surface area is 123 Å². The number of anilines is 2. The zero-order chi connectivity index (χ0) is 16.6. The molecule has 2 N–H and O–H groups in total. The Hall–Kier alpha value is -3.18. The molecule has 0 unspecified atom stereocenters. The van der Waals surface area contributed by atoms with Gasteiger partial charge in [-0.3, -0.25) is 0 Å². The molecule has 3 aromatic rings. The number of nitrogens with one attached hydrogen (secondary N) is 1. The summed E-state index contributed by atoms with van der Waals surface area (Å²) >= 11 is 0. The van der Waals surface area contributed by atoms with Gasteiger partial charge in [-0.05, 0) is 22.4 Å². The number of benzene rings is 1. The average Bonchev–Trinajstić information content (AvgIpc) is 2.88. The Morgan fingerprint density at radius 1 is 1.13 bits per heavy atom. The first kappa shape index (κ1) is 14.7. The molecule has 2 aromatic heterocycles. The van der Waals surface area contributed by atoms with Gasteiger partial charge >= 0.3 is 6.36 Å². The summed E-state index contributed by atoms with van der Waals surface area (Å²) < 4.78 is 57.6. The van der Waals surface area contributed by atoms with Gasteiger partial charge in [0.25, 0.3) is 5.88 Å². The molecule has 12 heteroatoms. The smallest absolute Gasteiger partial charge is 0.491 e. The van der Waals surface area contributed by atoms with Gasteiger partial charge in [-0.15, -0.1) is 13.2 Å². The molecule has 0 fully saturated rings. The molecule has 0 saturated carbocycles. The Balaban J connectivity index is 1.87. The van der Waals surface area contributed by atoms with E-state index in [0.29, 0.717) is 0 Å². The zero-order valence-electron chi connectivity index (χ0n) is 10.8. The topological polar surface area (TPSA) is 106 Å². The van der Waals surface area contributed by atoms with E-state index in [9.17, 15) is 22.7 Å². The summed E-state index contributed by atoms with van der Waals surface area (Å²) in [7, 11) is 0. The number of halogens is 4. The normalized spacial score (nSPS) is 11.7. The van der Waals surface area contributed by atoms with Gasteiger partial charge in [0.05, 0.1) is 0 Å². The third kappa shape index (κ3) is 3.20. The van der Waals surface area contributed by atoms with E-state index < -0.39 is 23.8 Å². The number of rotatable bonds is 3. The number of hydrogen-bond donors (Lipinski definition) is 2. The Morgan fingerprint density at radius 2 is 1.83 bits per heavy atom. The molecule has 0 spiro atoms.